The van der Waals surface area contributed by atoms with E-state index in [0.29, 0.717) is 41.6 Å². The number of carbonyl (C=O) groups is 3. The Hall–Kier alpha value is -4.06. The highest BCUT2D eigenvalue weighted by molar-refractivity contribution is 7.12. The Kier molecular flexibility index (Phi) is 8.90. The van der Waals surface area contributed by atoms with Crippen molar-refractivity contribution in [3.05, 3.63) is 68.9 Å². The number of nitrogens with zero attached hydrogens (tertiary/aromatic N) is 2. The van der Waals surface area contributed by atoms with Gasteiger partial charge >= 0.3 is 5.97 Å². The van der Waals surface area contributed by atoms with E-state index in [9.17, 15) is 29.0 Å². The highest BCUT2D eigenvalue weighted by Gasteiger charge is 2.24. The fourth-order valence-electron chi connectivity index (χ4n) is 3.45. The van der Waals surface area contributed by atoms with Gasteiger partial charge in [-0.1, -0.05) is 12.1 Å². The molecule has 1 atom stereocenters. The number of hydrogen-bond donors (Lipinski definition) is 5. The highest BCUT2D eigenvalue weighted by Crippen LogP contribution is 2.18. The van der Waals surface area contributed by atoms with E-state index in [1.54, 1.807) is 37.4 Å². The normalized spacial score (nSPS) is 11.5. The molecule has 12 heteroatoms. The summed E-state index contributed by atoms with van der Waals surface area (Å²) in [5.41, 5.74) is 1.66. The molecule has 2 amide bonds. The third kappa shape index (κ3) is 6.98. The zero-order valence-electron chi connectivity index (χ0n) is 19.7. The second-order valence-corrected chi connectivity index (χ2v) is 8.91. The summed E-state index contributed by atoms with van der Waals surface area (Å²) in [6.07, 6.45) is 1.26. The van der Waals surface area contributed by atoms with Crippen LogP contribution in [0.3, 0.4) is 0 Å². The molecule has 0 spiro atoms. The molecule has 3 aromatic rings. The molecule has 0 aliphatic heterocycles. The van der Waals surface area contributed by atoms with Crippen LogP contribution in [0.15, 0.2) is 35.7 Å². The maximum Gasteiger partial charge on any atom is 0.328 e. The van der Waals surface area contributed by atoms with Gasteiger partial charge in [-0.15, -0.1) is 11.3 Å². The van der Waals surface area contributed by atoms with E-state index in [1.807, 2.05) is 0 Å². The van der Waals surface area contributed by atoms with E-state index < -0.39 is 29.6 Å². The van der Waals surface area contributed by atoms with Crippen molar-refractivity contribution in [2.75, 3.05) is 18.4 Å². The Bertz CT molecular complexity index is 1230. The summed E-state index contributed by atoms with van der Waals surface area (Å²) >= 11 is 1.22. The number of thiophene rings is 1. The van der Waals surface area contributed by atoms with Crippen LogP contribution in [0.2, 0.25) is 0 Å². The lowest BCUT2D eigenvalue weighted by molar-refractivity contribution is -0.139. The average Bonchev–Trinajstić information content (AvgIpc) is 3.36. The Morgan fingerprint density at radius 2 is 1.83 bits per heavy atom. The maximum absolute atomic E-state index is 13.2. The van der Waals surface area contributed by atoms with E-state index in [-0.39, 0.29) is 17.9 Å². The zero-order valence-corrected chi connectivity index (χ0v) is 20.5. The molecule has 2 heterocycles. The molecule has 0 aliphatic rings. The van der Waals surface area contributed by atoms with Gasteiger partial charge in [0.1, 0.15) is 6.04 Å². The molecule has 5 N–H and O–H groups in total. The number of carboxylic acids is 1. The van der Waals surface area contributed by atoms with Gasteiger partial charge in [-0.3, -0.25) is 9.59 Å². The van der Waals surface area contributed by atoms with E-state index in [4.69, 9.17) is 0 Å². The van der Waals surface area contributed by atoms with E-state index in [1.165, 1.54) is 23.5 Å². The summed E-state index contributed by atoms with van der Waals surface area (Å²) in [7, 11) is 0. The summed E-state index contributed by atoms with van der Waals surface area (Å²) < 4.78 is 13.2. The number of carbonyl (C=O) groups excluding carboxylic acids is 2. The number of aromatic nitrogens is 2. The lowest BCUT2D eigenvalue weighted by atomic mass is 10.1. The third-order valence-corrected chi connectivity index (χ3v) is 6.12. The van der Waals surface area contributed by atoms with Gasteiger partial charge in [0.25, 0.3) is 11.8 Å². The number of anilines is 1. The van der Waals surface area contributed by atoms with Gasteiger partial charge in [0.15, 0.2) is 11.6 Å². The van der Waals surface area contributed by atoms with Crippen molar-refractivity contribution in [1.82, 2.24) is 20.6 Å². The number of hydrogen-bond acceptors (Lipinski definition) is 8. The molecule has 0 aliphatic carbocycles. The maximum atomic E-state index is 13.2. The van der Waals surface area contributed by atoms with E-state index in [0.717, 1.165) is 5.56 Å². The van der Waals surface area contributed by atoms with Crippen molar-refractivity contribution in [2.24, 2.45) is 0 Å². The van der Waals surface area contributed by atoms with Crippen LogP contribution in [0.1, 0.15) is 43.4 Å². The van der Waals surface area contributed by atoms with Gasteiger partial charge in [0.05, 0.1) is 21.8 Å². The second kappa shape index (κ2) is 12.1. The molecule has 0 fully saturated rings. The summed E-state index contributed by atoms with van der Waals surface area (Å²) in [5.74, 6) is -3.13. The number of nitrogens with one attached hydrogen (secondary N) is 3. The molecule has 0 saturated heterocycles. The lowest BCUT2D eigenvalue weighted by Gasteiger charge is -2.17. The molecule has 0 radical (unpaired) electrons. The highest BCUT2D eigenvalue weighted by atomic mass is 32.1. The van der Waals surface area contributed by atoms with Gasteiger partial charge < -0.3 is 26.2 Å². The van der Waals surface area contributed by atoms with Gasteiger partial charge in [0.2, 0.25) is 5.95 Å². The predicted octanol–water partition coefficient (Wildman–Crippen LogP) is 2.66. The number of phenolic OH excluding ortho intramolecular Hbond substituents is 1. The smallest absolute Gasteiger partial charge is 0.328 e. The minimum atomic E-state index is -1.34. The molecule has 3 rings (SSSR count). The Morgan fingerprint density at radius 1 is 1.11 bits per heavy atom. The van der Waals surface area contributed by atoms with Crippen LogP contribution in [0.4, 0.5) is 10.3 Å². The first-order valence-electron chi connectivity index (χ1n) is 11.1. The van der Waals surface area contributed by atoms with Crippen LogP contribution < -0.4 is 16.0 Å². The van der Waals surface area contributed by atoms with Crippen LogP contribution in [-0.4, -0.2) is 57.1 Å². The number of aryl methyl sites for hydroxylation is 3. The zero-order chi connectivity index (χ0) is 26.2. The number of rotatable bonds is 11. The van der Waals surface area contributed by atoms with Crippen LogP contribution in [0.25, 0.3) is 0 Å². The van der Waals surface area contributed by atoms with Crippen molar-refractivity contribution in [3.8, 4) is 5.75 Å². The first kappa shape index (κ1) is 26.5. The van der Waals surface area contributed by atoms with E-state index >= 15 is 0 Å². The first-order chi connectivity index (χ1) is 17.2. The van der Waals surface area contributed by atoms with Crippen molar-refractivity contribution in [2.45, 2.75) is 32.7 Å². The van der Waals surface area contributed by atoms with Crippen molar-refractivity contribution >= 4 is 35.1 Å². The third-order valence-electron chi connectivity index (χ3n) is 5.25. The number of halogens is 1. The fraction of sp³-hybridized carbons (Fsp3) is 0.292. The molecule has 0 unspecified atom stereocenters. The largest absolute Gasteiger partial charge is 0.505 e. The van der Waals surface area contributed by atoms with Gasteiger partial charge in [0, 0.05) is 13.1 Å². The lowest BCUT2D eigenvalue weighted by Crippen LogP contribution is -2.48. The van der Waals surface area contributed by atoms with E-state index in [2.05, 4.69) is 25.9 Å². The fourth-order valence-corrected chi connectivity index (χ4v) is 4.09. The molecule has 36 heavy (non-hydrogen) atoms. The molecular weight excluding hydrogens is 489 g/mol. The Morgan fingerprint density at radius 3 is 2.44 bits per heavy atom. The van der Waals surface area contributed by atoms with Crippen LogP contribution in [-0.2, 0) is 11.2 Å². The van der Waals surface area contributed by atoms with Gasteiger partial charge in [-0.2, -0.15) is 0 Å². The average molecular weight is 516 g/mol. The monoisotopic (exact) mass is 515 g/mol. The topological polar surface area (TPSA) is 154 Å². The number of carboxylic acid groups (broad SMARTS) is 1. The first-order valence-corrected chi connectivity index (χ1v) is 12.0. The number of amides is 2. The summed E-state index contributed by atoms with van der Waals surface area (Å²) in [5, 5.41) is 28.7. The quantitative estimate of drug-likeness (QED) is 0.244. The number of benzene rings is 1. The number of phenols is 1. The van der Waals surface area contributed by atoms with Crippen molar-refractivity contribution in [3.63, 3.8) is 0 Å². The van der Waals surface area contributed by atoms with Crippen LogP contribution in [0, 0.1) is 19.7 Å². The summed E-state index contributed by atoms with van der Waals surface area (Å²) in [6.45, 7) is 3.44. The van der Waals surface area contributed by atoms with Crippen molar-refractivity contribution < 1.29 is 29.0 Å². The number of aromatic hydroxyl groups is 1. The summed E-state index contributed by atoms with van der Waals surface area (Å²) in [6, 6.07) is 6.17. The van der Waals surface area contributed by atoms with Gasteiger partial charge in [-0.05, 0) is 55.8 Å². The predicted molar refractivity (Wildman–Crippen MR) is 132 cm³/mol. The number of aliphatic carboxylic acids is 1. The Labute approximate surface area is 210 Å². The Balaban J connectivity index is 1.56. The van der Waals surface area contributed by atoms with Crippen LogP contribution in [0.5, 0.6) is 5.75 Å². The molecule has 10 nitrogen and oxygen atoms in total. The molecule has 2 aromatic heterocycles. The van der Waals surface area contributed by atoms with Gasteiger partial charge in [-0.25, -0.2) is 19.2 Å². The molecular formula is C24H26FN5O5S. The minimum Gasteiger partial charge on any atom is -0.505 e. The SMILES string of the molecule is Cc1nc(NCCCc2ccc(F)c(O)c2)nc(C)c1C(=O)N[C@@H](CNC(=O)c1cccs1)C(=O)O. The second-order valence-electron chi connectivity index (χ2n) is 7.96. The van der Waals surface area contributed by atoms with Crippen LogP contribution >= 0.6 is 11.3 Å². The standard InChI is InChI=1S/C24H26FN5O5S/c1-13-20(22(33)30-17(23(34)35)12-27-21(32)19-6-4-10-36-19)14(2)29-24(28-13)26-9-3-5-15-7-8-16(25)18(31)11-15/h4,6-8,10-11,17,31H,3,5,9,12H2,1-2H3,(H,27,32)(H,30,33)(H,34,35)(H,26,28,29)/t17-/m0/s1. The molecule has 0 saturated carbocycles. The minimum absolute atomic E-state index is 0.151. The molecule has 190 valence electrons. The summed E-state index contributed by atoms with van der Waals surface area (Å²) in [4.78, 5) is 45.6. The van der Waals surface area contributed by atoms with Crippen molar-refractivity contribution in [1.29, 1.82) is 0 Å². The molecule has 0 bridgehead atoms. The molecule has 1 aromatic carbocycles.